The van der Waals surface area contributed by atoms with Gasteiger partial charge in [0.25, 0.3) is 0 Å². The monoisotopic (exact) mass is 354 g/mol. The minimum Gasteiger partial charge on any atom is -0.381 e. The van der Waals surface area contributed by atoms with E-state index in [1.807, 2.05) is 30.0 Å². The van der Waals surface area contributed by atoms with Crippen LogP contribution in [0.25, 0.3) is 12.2 Å². The number of halogens is 1. The molecule has 0 radical (unpaired) electrons. The van der Waals surface area contributed by atoms with Crippen LogP contribution in [0.1, 0.15) is 22.8 Å². The molecule has 1 aliphatic rings. The van der Waals surface area contributed by atoms with Gasteiger partial charge in [0.1, 0.15) is 10.7 Å². The predicted octanol–water partition coefficient (Wildman–Crippen LogP) is 3.01. The summed E-state index contributed by atoms with van der Waals surface area (Å²) in [6.45, 7) is 4.56. The Morgan fingerprint density at radius 3 is 3.15 bits per heavy atom. The Bertz CT molecular complexity index is 596. The van der Waals surface area contributed by atoms with Gasteiger partial charge < -0.3 is 4.74 Å². The molecule has 0 saturated carbocycles. The molecule has 2 aromatic rings. The van der Waals surface area contributed by atoms with Crippen LogP contribution in [0, 0.1) is 12.8 Å². The molecule has 0 N–H and O–H groups in total. The zero-order valence-corrected chi connectivity index (χ0v) is 13.5. The minimum absolute atomic E-state index is 0.561. The summed E-state index contributed by atoms with van der Waals surface area (Å²) in [6, 6.07) is 0. The first-order valence-electron chi connectivity index (χ1n) is 6.49. The molecule has 0 aromatic carbocycles. The normalized spacial score (nSPS) is 19.2. The standard InChI is InChI=1S/C13H15BrN4OS/c1-9-13(14)20-12(15-9)3-2-11-7-18(17-16-11)6-10-4-5-19-8-10/h2-3,7,10H,4-6,8H2,1H3/b3-2+. The second-order valence-corrected chi connectivity index (χ2v) is 7.19. The third-order valence-electron chi connectivity index (χ3n) is 3.18. The van der Waals surface area contributed by atoms with Crippen LogP contribution in [-0.2, 0) is 11.3 Å². The summed E-state index contributed by atoms with van der Waals surface area (Å²) in [7, 11) is 0. The maximum absolute atomic E-state index is 5.37. The van der Waals surface area contributed by atoms with Gasteiger partial charge in [-0.15, -0.1) is 16.4 Å². The van der Waals surface area contributed by atoms with Crippen molar-refractivity contribution < 1.29 is 4.74 Å². The van der Waals surface area contributed by atoms with E-state index in [2.05, 4.69) is 31.2 Å². The Labute approximate surface area is 129 Å². The Kier molecular flexibility index (Phi) is 4.28. The van der Waals surface area contributed by atoms with Crippen molar-refractivity contribution in [1.82, 2.24) is 20.0 Å². The molecule has 20 heavy (non-hydrogen) atoms. The average Bonchev–Trinajstić information content (AvgIpc) is 3.12. The summed E-state index contributed by atoms with van der Waals surface area (Å²) in [5, 5.41) is 9.27. The first kappa shape index (κ1) is 13.9. The molecule has 0 aliphatic carbocycles. The van der Waals surface area contributed by atoms with Crippen LogP contribution in [0.5, 0.6) is 0 Å². The van der Waals surface area contributed by atoms with E-state index in [4.69, 9.17) is 4.74 Å². The van der Waals surface area contributed by atoms with E-state index in [-0.39, 0.29) is 0 Å². The van der Waals surface area contributed by atoms with E-state index in [0.717, 1.165) is 46.4 Å². The van der Waals surface area contributed by atoms with E-state index >= 15 is 0 Å². The van der Waals surface area contributed by atoms with Gasteiger partial charge >= 0.3 is 0 Å². The zero-order valence-electron chi connectivity index (χ0n) is 11.1. The number of nitrogens with zero attached hydrogens (tertiary/aromatic N) is 4. The number of ether oxygens (including phenoxy) is 1. The molecular weight excluding hydrogens is 340 g/mol. The van der Waals surface area contributed by atoms with E-state index < -0.39 is 0 Å². The highest BCUT2D eigenvalue weighted by atomic mass is 79.9. The van der Waals surface area contributed by atoms with Crippen molar-refractivity contribution >= 4 is 39.4 Å². The van der Waals surface area contributed by atoms with Crippen LogP contribution in [-0.4, -0.2) is 33.2 Å². The molecule has 1 aliphatic heterocycles. The van der Waals surface area contributed by atoms with Crippen molar-refractivity contribution in [3.8, 4) is 0 Å². The number of thiazole rings is 1. The Hall–Kier alpha value is -1.05. The van der Waals surface area contributed by atoms with Crippen molar-refractivity contribution in [2.75, 3.05) is 13.2 Å². The van der Waals surface area contributed by atoms with Crippen LogP contribution in [0.3, 0.4) is 0 Å². The fourth-order valence-corrected chi connectivity index (χ4v) is 3.38. The average molecular weight is 355 g/mol. The van der Waals surface area contributed by atoms with E-state index in [9.17, 15) is 0 Å². The van der Waals surface area contributed by atoms with E-state index in [1.54, 1.807) is 11.3 Å². The second kappa shape index (κ2) is 6.15. The molecule has 0 bridgehead atoms. The van der Waals surface area contributed by atoms with Crippen LogP contribution in [0.15, 0.2) is 9.98 Å². The summed E-state index contributed by atoms with van der Waals surface area (Å²) in [5.41, 5.74) is 1.87. The first-order valence-corrected chi connectivity index (χ1v) is 8.10. The Balaban J connectivity index is 1.64. The topological polar surface area (TPSA) is 52.8 Å². The molecule has 2 aromatic heterocycles. The minimum atomic E-state index is 0.561. The fourth-order valence-electron chi connectivity index (χ4n) is 2.10. The second-order valence-electron chi connectivity index (χ2n) is 4.84. The SMILES string of the molecule is Cc1nc(/C=C/c2cn(CC3CCOC3)nn2)sc1Br. The molecule has 3 rings (SSSR count). The summed E-state index contributed by atoms with van der Waals surface area (Å²) in [6.07, 6.45) is 6.98. The molecule has 1 unspecified atom stereocenters. The highest BCUT2D eigenvalue weighted by Gasteiger charge is 2.16. The third kappa shape index (κ3) is 3.34. The lowest BCUT2D eigenvalue weighted by Crippen LogP contribution is -2.10. The molecule has 1 atom stereocenters. The number of aryl methyl sites for hydroxylation is 1. The Morgan fingerprint density at radius 2 is 2.45 bits per heavy atom. The molecule has 3 heterocycles. The lowest BCUT2D eigenvalue weighted by Gasteiger charge is -2.05. The van der Waals surface area contributed by atoms with Crippen molar-refractivity contribution in [2.45, 2.75) is 19.9 Å². The molecule has 1 fully saturated rings. The van der Waals surface area contributed by atoms with E-state index in [0.29, 0.717) is 5.92 Å². The summed E-state index contributed by atoms with van der Waals surface area (Å²) >= 11 is 5.09. The van der Waals surface area contributed by atoms with Crippen LogP contribution < -0.4 is 0 Å². The van der Waals surface area contributed by atoms with Gasteiger partial charge in [-0.1, -0.05) is 5.21 Å². The lowest BCUT2D eigenvalue weighted by molar-refractivity contribution is 0.181. The van der Waals surface area contributed by atoms with Gasteiger partial charge in [0.2, 0.25) is 0 Å². The number of hydrogen-bond acceptors (Lipinski definition) is 5. The third-order valence-corrected chi connectivity index (χ3v) is 5.15. The fraction of sp³-hybridized carbons (Fsp3) is 0.462. The van der Waals surface area contributed by atoms with Crippen molar-refractivity contribution in [3.63, 3.8) is 0 Å². The number of rotatable bonds is 4. The molecular formula is C13H15BrN4OS. The highest BCUT2D eigenvalue weighted by Crippen LogP contribution is 2.25. The Morgan fingerprint density at radius 1 is 1.55 bits per heavy atom. The molecule has 0 amide bonds. The van der Waals surface area contributed by atoms with Gasteiger partial charge in [0, 0.05) is 19.1 Å². The van der Waals surface area contributed by atoms with Gasteiger partial charge in [0.05, 0.1) is 22.3 Å². The summed E-state index contributed by atoms with van der Waals surface area (Å²) < 4.78 is 8.33. The smallest absolute Gasteiger partial charge is 0.117 e. The zero-order chi connectivity index (χ0) is 13.9. The largest absolute Gasteiger partial charge is 0.381 e. The highest BCUT2D eigenvalue weighted by molar-refractivity contribution is 9.11. The quantitative estimate of drug-likeness (QED) is 0.846. The molecule has 5 nitrogen and oxygen atoms in total. The number of aromatic nitrogens is 4. The van der Waals surface area contributed by atoms with Crippen LogP contribution >= 0.6 is 27.3 Å². The van der Waals surface area contributed by atoms with Crippen molar-refractivity contribution in [2.24, 2.45) is 5.92 Å². The summed E-state index contributed by atoms with van der Waals surface area (Å²) in [4.78, 5) is 4.43. The van der Waals surface area contributed by atoms with Gasteiger partial charge in [-0.05, 0) is 41.4 Å². The van der Waals surface area contributed by atoms with E-state index in [1.165, 1.54) is 0 Å². The van der Waals surface area contributed by atoms with Gasteiger partial charge in [-0.2, -0.15) is 0 Å². The maximum Gasteiger partial charge on any atom is 0.117 e. The molecule has 106 valence electrons. The van der Waals surface area contributed by atoms with Crippen LogP contribution in [0.4, 0.5) is 0 Å². The van der Waals surface area contributed by atoms with Gasteiger partial charge in [-0.25, -0.2) is 4.98 Å². The predicted molar refractivity (Wildman–Crippen MR) is 82.4 cm³/mol. The summed E-state index contributed by atoms with van der Waals surface area (Å²) in [5.74, 6) is 0.561. The van der Waals surface area contributed by atoms with Crippen LogP contribution in [0.2, 0.25) is 0 Å². The lowest BCUT2D eigenvalue weighted by atomic mass is 10.1. The van der Waals surface area contributed by atoms with Gasteiger partial charge in [-0.3, -0.25) is 4.68 Å². The molecule has 7 heteroatoms. The van der Waals surface area contributed by atoms with Crippen molar-refractivity contribution in [3.05, 3.63) is 26.4 Å². The first-order chi connectivity index (χ1) is 9.70. The molecule has 1 saturated heterocycles. The maximum atomic E-state index is 5.37. The molecule has 0 spiro atoms. The van der Waals surface area contributed by atoms with Gasteiger partial charge in [0.15, 0.2) is 0 Å². The van der Waals surface area contributed by atoms with Crippen molar-refractivity contribution in [1.29, 1.82) is 0 Å². The number of hydrogen-bond donors (Lipinski definition) is 0.